The van der Waals surface area contributed by atoms with Crippen LogP contribution in [0.15, 0.2) is 12.1 Å². The molecule has 0 spiro atoms. The maximum Gasteiger partial charge on any atom is 0.179 e. The topological polar surface area (TPSA) is 38.7 Å². The minimum Gasteiger partial charge on any atom is -0.493 e. The van der Waals surface area contributed by atoms with Crippen LogP contribution in [-0.4, -0.2) is 19.3 Å². The van der Waals surface area contributed by atoms with Gasteiger partial charge in [0.05, 0.1) is 25.3 Å². The number of rotatable bonds is 5. The average molecular weight is 245 g/mol. The first kappa shape index (κ1) is 13.1. The number of hydrogen-bond acceptors (Lipinski definition) is 3. The summed E-state index contributed by atoms with van der Waals surface area (Å²) >= 11 is 6.04. The highest BCUT2D eigenvalue weighted by molar-refractivity contribution is 6.32. The molecule has 90 valence electrons. The second-order valence-electron chi connectivity index (χ2n) is 3.54. The molecule has 1 aromatic carbocycles. The van der Waals surface area contributed by atoms with E-state index >= 15 is 0 Å². The third-order valence-corrected chi connectivity index (χ3v) is 2.68. The molecule has 0 aliphatic rings. The quantitative estimate of drug-likeness (QED) is 0.865. The molecule has 0 aliphatic heterocycles. The van der Waals surface area contributed by atoms with Crippen molar-refractivity contribution in [3.8, 4) is 11.5 Å². The van der Waals surface area contributed by atoms with E-state index in [4.69, 9.17) is 21.1 Å². The van der Waals surface area contributed by atoms with Gasteiger partial charge in [0, 0.05) is 0 Å². The summed E-state index contributed by atoms with van der Waals surface area (Å²) in [6.45, 7) is 2.02. The smallest absolute Gasteiger partial charge is 0.179 e. The van der Waals surface area contributed by atoms with Crippen LogP contribution in [0.2, 0.25) is 5.02 Å². The van der Waals surface area contributed by atoms with Crippen molar-refractivity contribution in [1.29, 1.82) is 0 Å². The molecule has 0 aromatic heterocycles. The van der Waals surface area contributed by atoms with Crippen molar-refractivity contribution in [2.75, 3.05) is 14.2 Å². The number of aliphatic hydroxyl groups is 1. The lowest BCUT2D eigenvalue weighted by Gasteiger charge is -2.15. The Hall–Kier alpha value is -0.930. The van der Waals surface area contributed by atoms with Crippen molar-refractivity contribution in [3.63, 3.8) is 0 Å². The van der Waals surface area contributed by atoms with Crippen molar-refractivity contribution in [3.05, 3.63) is 22.7 Å². The zero-order chi connectivity index (χ0) is 12.1. The molecule has 3 nitrogen and oxygen atoms in total. The van der Waals surface area contributed by atoms with Crippen molar-refractivity contribution >= 4 is 11.6 Å². The van der Waals surface area contributed by atoms with Crippen LogP contribution in [0.1, 0.15) is 31.4 Å². The molecule has 0 saturated carbocycles. The SMILES string of the molecule is CCC[C@@H](O)c1cc(Cl)c(OC)c(OC)c1. The predicted octanol–water partition coefficient (Wildman–Crippen LogP) is 3.19. The second-order valence-corrected chi connectivity index (χ2v) is 3.95. The van der Waals surface area contributed by atoms with Gasteiger partial charge in [-0.05, 0) is 24.1 Å². The maximum atomic E-state index is 9.87. The average Bonchev–Trinajstić information content (AvgIpc) is 2.28. The van der Waals surface area contributed by atoms with Gasteiger partial charge in [0.2, 0.25) is 0 Å². The highest BCUT2D eigenvalue weighted by Crippen LogP contribution is 2.38. The largest absolute Gasteiger partial charge is 0.493 e. The molecule has 1 rings (SSSR count). The van der Waals surface area contributed by atoms with E-state index < -0.39 is 6.10 Å². The first-order chi connectivity index (χ1) is 7.63. The number of aliphatic hydroxyl groups excluding tert-OH is 1. The highest BCUT2D eigenvalue weighted by Gasteiger charge is 2.14. The number of methoxy groups -OCH3 is 2. The van der Waals surface area contributed by atoms with Gasteiger partial charge >= 0.3 is 0 Å². The van der Waals surface area contributed by atoms with Gasteiger partial charge in [-0.15, -0.1) is 0 Å². The summed E-state index contributed by atoms with van der Waals surface area (Å²) in [7, 11) is 3.08. The first-order valence-electron chi connectivity index (χ1n) is 5.23. The van der Waals surface area contributed by atoms with Crippen molar-refractivity contribution in [2.24, 2.45) is 0 Å². The summed E-state index contributed by atoms with van der Waals surface area (Å²) < 4.78 is 10.3. The zero-order valence-electron chi connectivity index (χ0n) is 9.79. The van der Waals surface area contributed by atoms with Crippen molar-refractivity contribution in [1.82, 2.24) is 0 Å². The molecule has 0 amide bonds. The second kappa shape index (κ2) is 5.97. The van der Waals surface area contributed by atoms with Crippen LogP contribution >= 0.6 is 11.6 Å². The molecule has 16 heavy (non-hydrogen) atoms. The molecule has 1 N–H and O–H groups in total. The van der Waals surface area contributed by atoms with E-state index in [9.17, 15) is 5.11 Å². The van der Waals surface area contributed by atoms with Crippen molar-refractivity contribution < 1.29 is 14.6 Å². The Morgan fingerprint density at radius 1 is 1.31 bits per heavy atom. The standard InChI is InChI=1S/C12H17ClO3/c1-4-5-10(14)8-6-9(13)12(16-3)11(7-8)15-2/h6-7,10,14H,4-5H2,1-3H3/t10-/m1/s1. The molecule has 0 bridgehead atoms. The number of benzene rings is 1. The Balaban J connectivity index is 3.09. The Morgan fingerprint density at radius 2 is 2.00 bits per heavy atom. The monoisotopic (exact) mass is 244 g/mol. The molecule has 0 aliphatic carbocycles. The summed E-state index contributed by atoms with van der Waals surface area (Å²) in [5.74, 6) is 1.04. The van der Waals surface area contributed by atoms with Crippen LogP contribution in [0.5, 0.6) is 11.5 Å². The van der Waals surface area contributed by atoms with E-state index in [-0.39, 0.29) is 0 Å². The number of halogens is 1. The summed E-state index contributed by atoms with van der Waals surface area (Å²) in [5.41, 5.74) is 0.754. The van der Waals surface area contributed by atoms with Gasteiger partial charge in [0.15, 0.2) is 11.5 Å². The summed E-state index contributed by atoms with van der Waals surface area (Å²) in [4.78, 5) is 0. The molecular formula is C12H17ClO3. The van der Waals surface area contributed by atoms with Crippen molar-refractivity contribution in [2.45, 2.75) is 25.9 Å². The number of hydrogen-bond donors (Lipinski definition) is 1. The molecule has 1 atom stereocenters. The van der Waals surface area contributed by atoms with E-state index in [0.29, 0.717) is 22.9 Å². The van der Waals surface area contributed by atoms with E-state index in [1.165, 1.54) is 7.11 Å². The lowest BCUT2D eigenvalue weighted by molar-refractivity contribution is 0.166. The molecular weight excluding hydrogens is 228 g/mol. The molecule has 0 unspecified atom stereocenters. The Morgan fingerprint density at radius 3 is 2.50 bits per heavy atom. The first-order valence-corrected chi connectivity index (χ1v) is 5.61. The van der Waals surface area contributed by atoms with Gasteiger partial charge in [0.25, 0.3) is 0 Å². The fraction of sp³-hybridized carbons (Fsp3) is 0.500. The normalized spacial score (nSPS) is 12.3. The Kier molecular flexibility index (Phi) is 4.90. The third-order valence-electron chi connectivity index (χ3n) is 2.40. The van der Waals surface area contributed by atoms with Crippen LogP contribution in [0, 0.1) is 0 Å². The molecule has 4 heteroatoms. The van der Waals surface area contributed by atoms with Gasteiger partial charge in [-0.3, -0.25) is 0 Å². The number of ether oxygens (including phenoxy) is 2. The fourth-order valence-electron chi connectivity index (χ4n) is 1.57. The van der Waals surface area contributed by atoms with Crippen LogP contribution in [0.25, 0.3) is 0 Å². The van der Waals surface area contributed by atoms with Crippen LogP contribution < -0.4 is 9.47 Å². The molecule has 0 radical (unpaired) electrons. The summed E-state index contributed by atoms with van der Waals surface area (Å²) in [6.07, 6.45) is 1.10. The van der Waals surface area contributed by atoms with Gasteiger partial charge in [-0.1, -0.05) is 24.9 Å². The van der Waals surface area contributed by atoms with Gasteiger partial charge in [-0.25, -0.2) is 0 Å². The molecule has 0 saturated heterocycles. The lowest BCUT2D eigenvalue weighted by atomic mass is 10.0. The fourth-order valence-corrected chi connectivity index (χ4v) is 1.87. The van der Waals surface area contributed by atoms with Gasteiger partial charge < -0.3 is 14.6 Å². The van der Waals surface area contributed by atoms with Gasteiger partial charge in [-0.2, -0.15) is 0 Å². The maximum absolute atomic E-state index is 9.87. The van der Waals surface area contributed by atoms with E-state index in [2.05, 4.69) is 0 Å². The zero-order valence-corrected chi connectivity index (χ0v) is 10.5. The predicted molar refractivity (Wildman–Crippen MR) is 64.4 cm³/mol. The van der Waals surface area contributed by atoms with E-state index in [0.717, 1.165) is 12.0 Å². The van der Waals surface area contributed by atoms with E-state index in [1.54, 1.807) is 19.2 Å². The van der Waals surface area contributed by atoms with Crippen LogP contribution in [0.4, 0.5) is 0 Å². The Bertz CT molecular complexity index is 352. The minimum absolute atomic E-state index is 0.451. The molecule has 1 aromatic rings. The molecule has 0 heterocycles. The third kappa shape index (κ3) is 2.80. The Labute approximate surface area is 101 Å². The van der Waals surface area contributed by atoms with Crippen LogP contribution in [0.3, 0.4) is 0 Å². The van der Waals surface area contributed by atoms with Crippen LogP contribution in [-0.2, 0) is 0 Å². The lowest BCUT2D eigenvalue weighted by Crippen LogP contribution is -1.99. The highest BCUT2D eigenvalue weighted by atomic mass is 35.5. The minimum atomic E-state index is -0.512. The van der Waals surface area contributed by atoms with Gasteiger partial charge in [0.1, 0.15) is 0 Å². The summed E-state index contributed by atoms with van der Waals surface area (Å²) in [5, 5.41) is 10.3. The summed E-state index contributed by atoms with van der Waals surface area (Å²) in [6, 6.07) is 3.47. The van der Waals surface area contributed by atoms with E-state index in [1.807, 2.05) is 6.92 Å². The molecule has 0 fully saturated rings.